The third-order valence-electron chi connectivity index (χ3n) is 4.74. The molecule has 0 aliphatic carbocycles. The minimum atomic E-state index is -0.217. The van der Waals surface area contributed by atoms with Crippen LogP contribution in [0.5, 0.6) is 0 Å². The highest BCUT2D eigenvalue weighted by Gasteiger charge is 2.32. The second-order valence-corrected chi connectivity index (χ2v) is 6.75. The van der Waals surface area contributed by atoms with E-state index in [2.05, 4.69) is 43.5 Å². The van der Waals surface area contributed by atoms with E-state index in [1.165, 1.54) is 11.1 Å². The summed E-state index contributed by atoms with van der Waals surface area (Å²) in [6, 6.07) is 4.12. The number of hydrogen-bond acceptors (Lipinski definition) is 2. The summed E-state index contributed by atoms with van der Waals surface area (Å²) >= 11 is 5.34. The van der Waals surface area contributed by atoms with Crippen LogP contribution in [0.3, 0.4) is 0 Å². The van der Waals surface area contributed by atoms with Gasteiger partial charge in [0.2, 0.25) is 0 Å². The second-order valence-electron chi connectivity index (χ2n) is 6.34. The van der Waals surface area contributed by atoms with Gasteiger partial charge in [0.15, 0.2) is 5.11 Å². The summed E-state index contributed by atoms with van der Waals surface area (Å²) < 4.78 is 0. The van der Waals surface area contributed by atoms with E-state index >= 15 is 0 Å². The molecule has 130 valence electrons. The Hall–Kier alpha value is -1.88. The number of likely N-dealkylation sites (N-methyl/N-ethyl adjacent to an activating group) is 1. The van der Waals surface area contributed by atoms with Crippen molar-refractivity contribution in [1.29, 1.82) is 0 Å². The van der Waals surface area contributed by atoms with Crippen molar-refractivity contribution < 1.29 is 4.79 Å². The first-order valence-electron chi connectivity index (χ1n) is 8.45. The Morgan fingerprint density at radius 2 is 1.67 bits per heavy atom. The number of nitrogens with one attached hydrogen (secondary N) is 2. The second kappa shape index (κ2) is 7.34. The van der Waals surface area contributed by atoms with Crippen molar-refractivity contribution in [2.75, 3.05) is 13.1 Å². The maximum atomic E-state index is 13.1. The molecule has 1 aromatic carbocycles. The number of carbonyl (C=O) groups excluding carboxylic acids is 1. The lowest BCUT2D eigenvalue weighted by molar-refractivity contribution is -0.127. The number of rotatable bonds is 4. The summed E-state index contributed by atoms with van der Waals surface area (Å²) in [5, 5.41) is 6.97. The minimum Gasteiger partial charge on any atom is -0.351 e. The molecule has 0 aromatic heterocycles. The average Bonchev–Trinajstić information content (AvgIpc) is 2.51. The van der Waals surface area contributed by atoms with Gasteiger partial charge in [-0.3, -0.25) is 4.79 Å². The van der Waals surface area contributed by atoms with Crippen LogP contribution in [-0.4, -0.2) is 29.0 Å². The summed E-state index contributed by atoms with van der Waals surface area (Å²) in [5.41, 5.74) is 6.32. The molecule has 2 N–H and O–H groups in total. The number of nitrogens with zero attached hydrogens (tertiary/aromatic N) is 1. The van der Waals surface area contributed by atoms with Gasteiger partial charge in [-0.2, -0.15) is 0 Å². The summed E-state index contributed by atoms with van der Waals surface area (Å²) in [4.78, 5) is 14.9. The zero-order valence-electron chi connectivity index (χ0n) is 15.4. The molecule has 0 bridgehead atoms. The lowest BCUT2D eigenvalue weighted by Gasteiger charge is -2.34. The summed E-state index contributed by atoms with van der Waals surface area (Å²) in [6.07, 6.45) is 0. The first-order valence-corrected chi connectivity index (χ1v) is 8.86. The fourth-order valence-corrected chi connectivity index (χ4v) is 3.46. The summed E-state index contributed by atoms with van der Waals surface area (Å²) in [7, 11) is 0. The fraction of sp³-hybridized carbons (Fsp3) is 0.474. The van der Waals surface area contributed by atoms with Gasteiger partial charge in [0, 0.05) is 18.8 Å². The Morgan fingerprint density at radius 1 is 1.08 bits per heavy atom. The molecule has 1 aliphatic rings. The van der Waals surface area contributed by atoms with Crippen LogP contribution in [-0.2, 0) is 4.79 Å². The van der Waals surface area contributed by atoms with Gasteiger partial charge in [0.25, 0.3) is 5.91 Å². The lowest BCUT2D eigenvalue weighted by Crippen LogP contribution is -2.47. The fourth-order valence-electron chi connectivity index (χ4n) is 3.19. The van der Waals surface area contributed by atoms with E-state index in [1.54, 1.807) is 0 Å². The molecule has 4 nitrogen and oxygen atoms in total. The van der Waals surface area contributed by atoms with Crippen LogP contribution in [0.1, 0.15) is 49.1 Å². The first-order chi connectivity index (χ1) is 11.3. The smallest absolute Gasteiger partial charge is 0.253 e. The molecule has 1 aliphatic heterocycles. The van der Waals surface area contributed by atoms with Gasteiger partial charge in [0.1, 0.15) is 0 Å². The molecule has 0 unspecified atom stereocenters. The third-order valence-corrected chi connectivity index (χ3v) is 4.96. The topological polar surface area (TPSA) is 44.4 Å². The van der Waals surface area contributed by atoms with Crippen molar-refractivity contribution in [1.82, 2.24) is 15.5 Å². The molecule has 1 amide bonds. The molecule has 0 fully saturated rings. The Kier molecular flexibility index (Phi) is 5.65. The highest BCUT2D eigenvalue weighted by atomic mass is 32.1. The lowest BCUT2D eigenvalue weighted by atomic mass is 9.89. The molecule has 1 heterocycles. The van der Waals surface area contributed by atoms with Gasteiger partial charge in [-0.15, -0.1) is 0 Å². The summed E-state index contributed by atoms with van der Waals surface area (Å²) in [6.45, 7) is 13.6. The zero-order chi connectivity index (χ0) is 18.0. The van der Waals surface area contributed by atoms with Crippen LogP contribution in [0, 0.1) is 20.8 Å². The average molecular weight is 346 g/mol. The van der Waals surface area contributed by atoms with Gasteiger partial charge in [0.05, 0.1) is 11.6 Å². The molecule has 1 aromatic rings. The van der Waals surface area contributed by atoms with E-state index in [0.717, 1.165) is 22.4 Å². The molecule has 0 saturated carbocycles. The maximum Gasteiger partial charge on any atom is 0.253 e. The van der Waals surface area contributed by atoms with E-state index in [1.807, 2.05) is 25.7 Å². The van der Waals surface area contributed by atoms with E-state index in [4.69, 9.17) is 12.2 Å². The maximum absolute atomic E-state index is 13.1. The van der Waals surface area contributed by atoms with E-state index in [-0.39, 0.29) is 11.9 Å². The number of thiocarbonyl (C=S) groups is 1. The highest BCUT2D eigenvalue weighted by molar-refractivity contribution is 7.80. The molecule has 2 rings (SSSR count). The van der Waals surface area contributed by atoms with Gasteiger partial charge >= 0.3 is 0 Å². The zero-order valence-corrected chi connectivity index (χ0v) is 16.2. The quantitative estimate of drug-likeness (QED) is 0.822. The van der Waals surface area contributed by atoms with Gasteiger partial charge in [-0.25, -0.2) is 0 Å². The monoisotopic (exact) mass is 345 g/mol. The number of hydrogen-bond donors (Lipinski definition) is 2. The van der Waals surface area contributed by atoms with Crippen molar-refractivity contribution in [2.24, 2.45) is 0 Å². The number of benzene rings is 1. The van der Waals surface area contributed by atoms with Crippen molar-refractivity contribution in [2.45, 2.75) is 47.6 Å². The number of aryl methyl sites for hydroxylation is 3. The molecule has 24 heavy (non-hydrogen) atoms. The van der Waals surface area contributed by atoms with Gasteiger partial charge in [-0.1, -0.05) is 12.1 Å². The molecule has 5 heteroatoms. The van der Waals surface area contributed by atoms with Crippen LogP contribution < -0.4 is 10.6 Å². The van der Waals surface area contributed by atoms with Crippen molar-refractivity contribution in [3.8, 4) is 0 Å². The normalized spacial score (nSPS) is 17.4. The van der Waals surface area contributed by atoms with E-state index in [0.29, 0.717) is 18.2 Å². The highest BCUT2D eigenvalue weighted by Crippen LogP contribution is 2.31. The van der Waals surface area contributed by atoms with Gasteiger partial charge < -0.3 is 15.5 Å². The third kappa shape index (κ3) is 3.46. The van der Waals surface area contributed by atoms with E-state index in [9.17, 15) is 4.79 Å². The Balaban J connectivity index is 2.57. The molecule has 0 radical (unpaired) electrons. The predicted octanol–water partition coefficient (Wildman–Crippen LogP) is 3.27. The molecular weight excluding hydrogens is 318 g/mol. The summed E-state index contributed by atoms with van der Waals surface area (Å²) in [5.74, 6) is 0.0580. The number of carbonyl (C=O) groups is 1. The first kappa shape index (κ1) is 18.5. The number of amides is 1. The Bertz CT molecular complexity index is 705. The van der Waals surface area contributed by atoms with Crippen LogP contribution in [0.2, 0.25) is 0 Å². The van der Waals surface area contributed by atoms with Gasteiger partial charge in [-0.05, 0) is 76.0 Å². The Morgan fingerprint density at radius 3 is 2.25 bits per heavy atom. The van der Waals surface area contributed by atoms with Crippen molar-refractivity contribution in [3.63, 3.8) is 0 Å². The van der Waals surface area contributed by atoms with Crippen LogP contribution >= 0.6 is 12.2 Å². The number of allylic oxidation sites excluding steroid dienone is 1. The molecule has 0 spiro atoms. The van der Waals surface area contributed by atoms with E-state index < -0.39 is 0 Å². The van der Waals surface area contributed by atoms with Crippen molar-refractivity contribution in [3.05, 3.63) is 45.7 Å². The Labute approximate surface area is 150 Å². The molecule has 0 saturated heterocycles. The largest absolute Gasteiger partial charge is 0.351 e. The van der Waals surface area contributed by atoms with Crippen molar-refractivity contribution >= 4 is 23.2 Å². The van der Waals surface area contributed by atoms with Crippen LogP contribution in [0.25, 0.3) is 0 Å². The SMILES string of the molecule is CCN(CC)C(=O)C1=C(C)NC(=S)N[C@@H]1c1cc(C)c(C)cc1C. The predicted molar refractivity (Wildman–Crippen MR) is 103 cm³/mol. The van der Waals surface area contributed by atoms with Crippen LogP contribution in [0.4, 0.5) is 0 Å². The minimum absolute atomic E-state index is 0.0580. The molecular formula is C19H27N3OS. The standard InChI is InChI=1S/C19H27N3OS/c1-7-22(8-2)18(23)16-14(6)20-19(24)21-17(16)15-10-12(4)11(3)9-13(15)5/h9-10,17H,7-8H2,1-6H3,(H2,20,21,24)/t17-/m1/s1. The molecule has 1 atom stereocenters. The van der Waals surface area contributed by atoms with Crippen LogP contribution in [0.15, 0.2) is 23.4 Å².